The van der Waals surface area contributed by atoms with Gasteiger partial charge in [0.15, 0.2) is 0 Å². The van der Waals surface area contributed by atoms with Gasteiger partial charge in [0.25, 0.3) is 0 Å². The third-order valence-corrected chi connectivity index (χ3v) is 3.20. The van der Waals surface area contributed by atoms with E-state index in [9.17, 15) is 0 Å². The van der Waals surface area contributed by atoms with Crippen LogP contribution in [0.1, 0.15) is 11.1 Å². The van der Waals surface area contributed by atoms with Gasteiger partial charge in [-0.05, 0) is 35.4 Å². The minimum atomic E-state index is 0.534. The number of methoxy groups -OCH3 is 1. The van der Waals surface area contributed by atoms with Crippen molar-refractivity contribution in [3.63, 3.8) is 0 Å². The first-order chi connectivity index (χ1) is 9.31. The van der Waals surface area contributed by atoms with Gasteiger partial charge in [-0.1, -0.05) is 24.3 Å². The summed E-state index contributed by atoms with van der Waals surface area (Å²) in [5, 5.41) is 0. The molecule has 0 aliphatic rings. The van der Waals surface area contributed by atoms with Crippen LogP contribution in [-0.2, 0) is 12.3 Å². The number of benzene rings is 2. The molecule has 3 heteroatoms. The molecule has 0 atom stereocenters. The third-order valence-electron chi connectivity index (χ3n) is 2.90. The molecule has 0 heterocycles. The zero-order valence-electron chi connectivity index (χ0n) is 10.9. The van der Waals surface area contributed by atoms with Crippen molar-refractivity contribution < 1.29 is 9.47 Å². The summed E-state index contributed by atoms with van der Waals surface area (Å²) in [6, 6.07) is 15.9. The summed E-state index contributed by atoms with van der Waals surface area (Å²) in [4.78, 5) is 0. The second-order valence-electron chi connectivity index (χ2n) is 4.22. The number of alkyl halides is 1. The van der Waals surface area contributed by atoms with E-state index in [1.54, 1.807) is 7.11 Å². The smallest absolute Gasteiger partial charge is 0.119 e. The van der Waals surface area contributed by atoms with Crippen LogP contribution in [0.5, 0.6) is 11.5 Å². The Morgan fingerprint density at radius 2 is 1.42 bits per heavy atom. The SMILES string of the molecule is COc1ccc(CCOc2ccc(CCl)cc2)cc1. The topological polar surface area (TPSA) is 18.5 Å². The first-order valence-corrected chi connectivity index (χ1v) is 6.76. The van der Waals surface area contributed by atoms with Crippen molar-refractivity contribution in [2.45, 2.75) is 12.3 Å². The summed E-state index contributed by atoms with van der Waals surface area (Å²) in [6.45, 7) is 0.659. The quantitative estimate of drug-likeness (QED) is 0.741. The fourth-order valence-electron chi connectivity index (χ4n) is 1.75. The molecule has 0 fully saturated rings. The van der Waals surface area contributed by atoms with E-state index in [1.807, 2.05) is 36.4 Å². The Bertz CT molecular complexity index is 444. The molecular weight excluding hydrogens is 260 g/mol. The van der Waals surface area contributed by atoms with Crippen LogP contribution in [0.4, 0.5) is 0 Å². The first-order valence-electron chi connectivity index (χ1n) is 6.22. The van der Waals surface area contributed by atoms with Crippen LogP contribution in [-0.4, -0.2) is 13.7 Å². The molecule has 0 N–H and O–H groups in total. The maximum absolute atomic E-state index is 5.74. The van der Waals surface area contributed by atoms with Crippen LogP contribution in [0.25, 0.3) is 0 Å². The minimum Gasteiger partial charge on any atom is -0.497 e. The molecule has 0 amide bonds. The highest BCUT2D eigenvalue weighted by atomic mass is 35.5. The standard InChI is InChI=1S/C16H17ClO2/c1-18-15-6-2-13(3-7-15)10-11-19-16-8-4-14(12-17)5-9-16/h2-9H,10-12H2,1H3. The van der Waals surface area contributed by atoms with Gasteiger partial charge in [-0.25, -0.2) is 0 Å². The summed E-state index contributed by atoms with van der Waals surface area (Å²) in [5.74, 6) is 2.29. The fraction of sp³-hybridized carbons (Fsp3) is 0.250. The molecule has 2 rings (SSSR count). The van der Waals surface area contributed by atoms with E-state index in [1.165, 1.54) is 5.56 Å². The first kappa shape index (κ1) is 13.8. The van der Waals surface area contributed by atoms with E-state index >= 15 is 0 Å². The monoisotopic (exact) mass is 276 g/mol. The molecule has 0 spiro atoms. The van der Waals surface area contributed by atoms with Crippen molar-refractivity contribution in [1.29, 1.82) is 0 Å². The van der Waals surface area contributed by atoms with E-state index in [0.29, 0.717) is 12.5 Å². The zero-order valence-corrected chi connectivity index (χ0v) is 11.7. The molecule has 0 bridgehead atoms. The lowest BCUT2D eigenvalue weighted by atomic mass is 10.1. The van der Waals surface area contributed by atoms with Crippen molar-refractivity contribution in [1.82, 2.24) is 0 Å². The fourth-order valence-corrected chi connectivity index (χ4v) is 1.93. The Morgan fingerprint density at radius 3 is 2.00 bits per heavy atom. The number of halogens is 1. The largest absolute Gasteiger partial charge is 0.497 e. The number of hydrogen-bond donors (Lipinski definition) is 0. The summed E-state index contributed by atoms with van der Waals surface area (Å²) >= 11 is 5.74. The number of hydrogen-bond acceptors (Lipinski definition) is 2. The second-order valence-corrected chi connectivity index (χ2v) is 4.49. The van der Waals surface area contributed by atoms with Crippen LogP contribution in [0, 0.1) is 0 Å². The molecule has 0 aromatic heterocycles. The molecule has 0 aliphatic heterocycles. The van der Waals surface area contributed by atoms with Crippen molar-refractivity contribution >= 4 is 11.6 Å². The summed E-state index contributed by atoms with van der Waals surface area (Å²) in [5.41, 5.74) is 2.34. The summed E-state index contributed by atoms with van der Waals surface area (Å²) < 4.78 is 10.8. The van der Waals surface area contributed by atoms with Gasteiger partial charge in [0.1, 0.15) is 11.5 Å². The molecule has 2 nitrogen and oxygen atoms in total. The predicted molar refractivity (Wildman–Crippen MR) is 78.2 cm³/mol. The zero-order chi connectivity index (χ0) is 13.5. The molecule has 0 saturated carbocycles. The lowest BCUT2D eigenvalue weighted by Crippen LogP contribution is -2.01. The van der Waals surface area contributed by atoms with Crippen LogP contribution in [0.3, 0.4) is 0 Å². The van der Waals surface area contributed by atoms with E-state index in [2.05, 4.69) is 12.1 Å². The normalized spacial score (nSPS) is 10.2. The van der Waals surface area contributed by atoms with Gasteiger partial charge in [-0.3, -0.25) is 0 Å². The van der Waals surface area contributed by atoms with Crippen molar-refractivity contribution in [2.24, 2.45) is 0 Å². The van der Waals surface area contributed by atoms with E-state index in [0.717, 1.165) is 23.5 Å². The van der Waals surface area contributed by atoms with Crippen LogP contribution >= 0.6 is 11.6 Å². The van der Waals surface area contributed by atoms with Gasteiger partial charge in [0.05, 0.1) is 13.7 Å². The Kier molecular flexibility index (Phi) is 5.10. The maximum atomic E-state index is 5.74. The Hall–Kier alpha value is -1.67. The highest BCUT2D eigenvalue weighted by molar-refractivity contribution is 6.17. The summed E-state index contributed by atoms with van der Waals surface area (Å²) in [7, 11) is 1.67. The van der Waals surface area contributed by atoms with Crippen molar-refractivity contribution in [2.75, 3.05) is 13.7 Å². The number of ether oxygens (including phenoxy) is 2. The molecule has 0 saturated heterocycles. The third kappa shape index (κ3) is 4.18. The van der Waals surface area contributed by atoms with E-state index in [4.69, 9.17) is 21.1 Å². The van der Waals surface area contributed by atoms with Crippen molar-refractivity contribution in [3.8, 4) is 11.5 Å². The predicted octanol–water partition coefficient (Wildman–Crippen LogP) is 4.06. The highest BCUT2D eigenvalue weighted by Crippen LogP contribution is 2.15. The molecule has 100 valence electrons. The molecular formula is C16H17ClO2. The lowest BCUT2D eigenvalue weighted by Gasteiger charge is -2.07. The van der Waals surface area contributed by atoms with Gasteiger partial charge in [-0.2, -0.15) is 0 Å². The Labute approximate surface area is 118 Å². The lowest BCUT2D eigenvalue weighted by molar-refractivity contribution is 0.322. The maximum Gasteiger partial charge on any atom is 0.119 e. The van der Waals surface area contributed by atoms with E-state index in [-0.39, 0.29) is 0 Å². The van der Waals surface area contributed by atoms with Crippen molar-refractivity contribution in [3.05, 3.63) is 59.7 Å². The van der Waals surface area contributed by atoms with E-state index < -0.39 is 0 Å². The second kappa shape index (κ2) is 7.05. The molecule has 0 unspecified atom stereocenters. The molecule has 2 aromatic rings. The van der Waals surface area contributed by atoms with Gasteiger partial charge in [0.2, 0.25) is 0 Å². The summed E-state index contributed by atoms with van der Waals surface area (Å²) in [6.07, 6.45) is 0.876. The van der Waals surface area contributed by atoms with Gasteiger partial charge < -0.3 is 9.47 Å². The minimum absolute atomic E-state index is 0.534. The Balaban J connectivity index is 1.81. The molecule has 0 radical (unpaired) electrons. The molecule has 2 aromatic carbocycles. The highest BCUT2D eigenvalue weighted by Gasteiger charge is 1.97. The van der Waals surface area contributed by atoms with Gasteiger partial charge in [0, 0.05) is 12.3 Å². The average Bonchev–Trinajstić information content (AvgIpc) is 2.49. The van der Waals surface area contributed by atoms with Crippen LogP contribution < -0.4 is 9.47 Å². The molecule has 19 heavy (non-hydrogen) atoms. The van der Waals surface area contributed by atoms with Crippen LogP contribution in [0.15, 0.2) is 48.5 Å². The van der Waals surface area contributed by atoms with Crippen LogP contribution in [0.2, 0.25) is 0 Å². The Morgan fingerprint density at radius 1 is 0.842 bits per heavy atom. The van der Waals surface area contributed by atoms with Gasteiger partial charge in [-0.15, -0.1) is 11.6 Å². The number of rotatable bonds is 6. The average molecular weight is 277 g/mol. The van der Waals surface area contributed by atoms with Gasteiger partial charge >= 0.3 is 0 Å². The molecule has 0 aliphatic carbocycles.